The van der Waals surface area contributed by atoms with Gasteiger partial charge in [0.05, 0.1) is 14.2 Å². The van der Waals surface area contributed by atoms with Crippen LogP contribution in [0.3, 0.4) is 0 Å². The maximum atomic E-state index is 12.7. The minimum atomic E-state index is -1.40. The lowest BCUT2D eigenvalue weighted by Gasteiger charge is -2.38. The van der Waals surface area contributed by atoms with Gasteiger partial charge in [0.15, 0.2) is 0 Å². The predicted molar refractivity (Wildman–Crippen MR) is 99.3 cm³/mol. The maximum Gasteiger partial charge on any atom is 0.345 e. The summed E-state index contributed by atoms with van der Waals surface area (Å²) < 4.78 is 22.6. The average molecular weight is 362 g/mol. The van der Waals surface area contributed by atoms with Crippen molar-refractivity contribution in [1.82, 2.24) is 0 Å². The van der Waals surface area contributed by atoms with Gasteiger partial charge in [0.25, 0.3) is 0 Å². The molecule has 0 spiro atoms. The standard InChI is InChI=1S/C22H18O5/c1-24-17-11-7-15(8-12-17)22(16-9-13-18(25-2)14-10-16)26-20-6-4-3-5-19(20)21(23)27-22/h3-14H,1-2H3. The van der Waals surface area contributed by atoms with Gasteiger partial charge in [0.1, 0.15) is 22.8 Å². The van der Waals surface area contributed by atoms with Gasteiger partial charge >= 0.3 is 11.8 Å². The molecule has 0 N–H and O–H groups in total. The Bertz CT molecular complexity index is 913. The minimum absolute atomic E-state index is 0.398. The highest BCUT2D eigenvalue weighted by Crippen LogP contribution is 2.42. The molecule has 0 amide bonds. The van der Waals surface area contributed by atoms with E-state index in [9.17, 15) is 4.79 Å². The number of esters is 1. The molecule has 3 aromatic rings. The molecular weight excluding hydrogens is 344 g/mol. The van der Waals surface area contributed by atoms with E-state index in [-0.39, 0.29) is 0 Å². The first-order valence-corrected chi connectivity index (χ1v) is 8.47. The number of rotatable bonds is 4. The Morgan fingerprint density at radius 1 is 0.704 bits per heavy atom. The second-order valence-electron chi connectivity index (χ2n) is 6.06. The van der Waals surface area contributed by atoms with E-state index in [2.05, 4.69) is 0 Å². The molecule has 1 aliphatic rings. The van der Waals surface area contributed by atoms with E-state index >= 15 is 0 Å². The summed E-state index contributed by atoms with van der Waals surface area (Å²) in [7, 11) is 3.20. The van der Waals surface area contributed by atoms with Gasteiger partial charge in [-0.2, -0.15) is 0 Å². The molecular formula is C22H18O5. The highest BCUT2D eigenvalue weighted by molar-refractivity contribution is 5.94. The fourth-order valence-electron chi connectivity index (χ4n) is 3.11. The van der Waals surface area contributed by atoms with Gasteiger partial charge < -0.3 is 18.9 Å². The van der Waals surface area contributed by atoms with E-state index in [1.54, 1.807) is 56.7 Å². The fraction of sp³-hybridized carbons (Fsp3) is 0.136. The summed E-state index contributed by atoms with van der Waals surface area (Å²) in [5, 5.41) is 0. The van der Waals surface area contributed by atoms with Crippen molar-refractivity contribution in [2.75, 3.05) is 14.2 Å². The summed E-state index contributed by atoms with van der Waals surface area (Å²) >= 11 is 0. The molecule has 0 bridgehead atoms. The summed E-state index contributed by atoms with van der Waals surface area (Å²) in [4.78, 5) is 12.7. The highest BCUT2D eigenvalue weighted by Gasteiger charge is 2.46. The normalized spacial score (nSPS) is 14.5. The van der Waals surface area contributed by atoms with Crippen LogP contribution in [0.1, 0.15) is 21.5 Å². The highest BCUT2D eigenvalue weighted by atomic mass is 16.7. The Morgan fingerprint density at radius 3 is 1.74 bits per heavy atom. The zero-order valence-corrected chi connectivity index (χ0v) is 15.0. The first-order valence-electron chi connectivity index (χ1n) is 8.47. The quantitative estimate of drug-likeness (QED) is 0.653. The van der Waals surface area contributed by atoms with E-state index in [0.717, 1.165) is 0 Å². The van der Waals surface area contributed by atoms with Crippen LogP contribution in [0.15, 0.2) is 72.8 Å². The van der Waals surface area contributed by atoms with Crippen molar-refractivity contribution >= 4 is 5.97 Å². The number of carbonyl (C=O) groups excluding carboxylic acids is 1. The molecule has 1 heterocycles. The molecule has 0 aromatic heterocycles. The number of para-hydroxylation sites is 1. The predicted octanol–water partition coefficient (Wildman–Crippen LogP) is 4.15. The van der Waals surface area contributed by atoms with E-state index < -0.39 is 11.8 Å². The van der Waals surface area contributed by atoms with Gasteiger partial charge in [0, 0.05) is 11.1 Å². The third kappa shape index (κ3) is 2.87. The van der Waals surface area contributed by atoms with E-state index in [0.29, 0.717) is 33.9 Å². The maximum absolute atomic E-state index is 12.7. The second kappa shape index (κ2) is 6.68. The molecule has 27 heavy (non-hydrogen) atoms. The molecule has 1 aliphatic heterocycles. The van der Waals surface area contributed by atoms with Gasteiger partial charge in [-0.1, -0.05) is 12.1 Å². The van der Waals surface area contributed by atoms with Crippen molar-refractivity contribution in [2.45, 2.75) is 5.79 Å². The van der Waals surface area contributed by atoms with Gasteiger partial charge in [-0.05, 0) is 60.7 Å². The number of benzene rings is 3. The molecule has 3 aromatic carbocycles. The minimum Gasteiger partial charge on any atom is -0.497 e. The number of ether oxygens (including phenoxy) is 4. The Labute approximate surface area is 157 Å². The fourth-order valence-corrected chi connectivity index (χ4v) is 3.11. The third-order valence-corrected chi connectivity index (χ3v) is 4.54. The van der Waals surface area contributed by atoms with Gasteiger partial charge in [0.2, 0.25) is 0 Å². The van der Waals surface area contributed by atoms with Gasteiger partial charge in [-0.3, -0.25) is 0 Å². The van der Waals surface area contributed by atoms with Crippen LogP contribution < -0.4 is 14.2 Å². The van der Waals surface area contributed by atoms with E-state index in [4.69, 9.17) is 18.9 Å². The Balaban J connectivity index is 1.88. The summed E-state index contributed by atoms with van der Waals surface area (Å²) in [5.74, 6) is 0.0328. The molecule has 136 valence electrons. The van der Waals surface area contributed by atoms with Crippen molar-refractivity contribution in [2.24, 2.45) is 0 Å². The number of hydrogen-bond donors (Lipinski definition) is 0. The summed E-state index contributed by atoms with van der Waals surface area (Å²) in [6, 6.07) is 21.6. The molecule has 0 fully saturated rings. The lowest BCUT2D eigenvalue weighted by atomic mass is 9.95. The number of hydrogen-bond acceptors (Lipinski definition) is 5. The van der Waals surface area contributed by atoms with Crippen LogP contribution in [0.5, 0.6) is 17.2 Å². The van der Waals surface area contributed by atoms with E-state index in [1.807, 2.05) is 30.3 Å². The monoisotopic (exact) mass is 362 g/mol. The smallest absolute Gasteiger partial charge is 0.345 e. The molecule has 4 rings (SSSR count). The number of fused-ring (bicyclic) bond motifs is 1. The SMILES string of the molecule is COc1ccc(C2(c3ccc(OC)cc3)OC(=O)c3ccccc3O2)cc1. The molecule has 0 radical (unpaired) electrons. The Hall–Kier alpha value is -3.47. The first-order chi connectivity index (χ1) is 13.2. The van der Waals surface area contributed by atoms with Crippen LogP contribution in [-0.4, -0.2) is 20.2 Å². The van der Waals surface area contributed by atoms with Crippen molar-refractivity contribution in [3.8, 4) is 17.2 Å². The van der Waals surface area contributed by atoms with Gasteiger partial charge in [-0.25, -0.2) is 4.79 Å². The third-order valence-electron chi connectivity index (χ3n) is 4.54. The van der Waals surface area contributed by atoms with Crippen LogP contribution in [0.25, 0.3) is 0 Å². The lowest BCUT2D eigenvalue weighted by Crippen LogP contribution is -2.43. The van der Waals surface area contributed by atoms with Crippen LogP contribution >= 0.6 is 0 Å². The molecule has 0 atom stereocenters. The zero-order chi connectivity index (χ0) is 18.9. The molecule has 0 saturated carbocycles. The van der Waals surface area contributed by atoms with Crippen LogP contribution in [0, 0.1) is 0 Å². The van der Waals surface area contributed by atoms with Crippen LogP contribution in [0.4, 0.5) is 0 Å². The second-order valence-corrected chi connectivity index (χ2v) is 6.06. The summed E-state index contributed by atoms with van der Waals surface area (Å²) in [5.41, 5.74) is 1.75. The molecule has 0 saturated heterocycles. The number of cyclic esters (lactones) is 1. The summed E-state index contributed by atoms with van der Waals surface area (Å²) in [6.45, 7) is 0. The largest absolute Gasteiger partial charge is 0.497 e. The van der Waals surface area contributed by atoms with E-state index in [1.165, 1.54) is 0 Å². The molecule has 0 unspecified atom stereocenters. The topological polar surface area (TPSA) is 54.0 Å². The van der Waals surface area contributed by atoms with Crippen LogP contribution in [-0.2, 0) is 10.5 Å². The van der Waals surface area contributed by atoms with Crippen molar-refractivity contribution in [3.63, 3.8) is 0 Å². The van der Waals surface area contributed by atoms with Gasteiger partial charge in [-0.15, -0.1) is 0 Å². The van der Waals surface area contributed by atoms with Crippen LogP contribution in [0.2, 0.25) is 0 Å². The van der Waals surface area contributed by atoms with Crippen molar-refractivity contribution < 1.29 is 23.7 Å². The lowest BCUT2D eigenvalue weighted by molar-refractivity contribution is -0.131. The zero-order valence-electron chi connectivity index (χ0n) is 15.0. The molecule has 5 heteroatoms. The Morgan fingerprint density at radius 2 is 1.22 bits per heavy atom. The number of methoxy groups -OCH3 is 2. The van der Waals surface area contributed by atoms with Crippen molar-refractivity contribution in [3.05, 3.63) is 89.5 Å². The number of carbonyl (C=O) groups is 1. The summed E-state index contributed by atoms with van der Waals surface area (Å²) in [6.07, 6.45) is 0. The first kappa shape index (κ1) is 17.0. The average Bonchev–Trinajstić information content (AvgIpc) is 2.74. The van der Waals surface area contributed by atoms with Crippen molar-refractivity contribution in [1.29, 1.82) is 0 Å². The molecule has 5 nitrogen and oxygen atoms in total. The Kier molecular flexibility index (Phi) is 4.20. The molecule has 0 aliphatic carbocycles.